The van der Waals surface area contributed by atoms with Gasteiger partial charge in [-0.1, -0.05) is 17.7 Å². The van der Waals surface area contributed by atoms with E-state index in [1.807, 2.05) is 19.1 Å². The van der Waals surface area contributed by atoms with E-state index in [1.165, 1.54) is 21.4 Å². The molecular weight excluding hydrogens is 335 g/mol. The summed E-state index contributed by atoms with van der Waals surface area (Å²) < 4.78 is 15.7. The van der Waals surface area contributed by atoms with E-state index in [9.17, 15) is 14.0 Å². The molecule has 3 aromatic rings. The van der Waals surface area contributed by atoms with E-state index >= 15 is 0 Å². The Morgan fingerprint density at radius 2 is 1.77 bits per heavy atom. The van der Waals surface area contributed by atoms with Crippen LogP contribution in [0.1, 0.15) is 15.9 Å². The molecule has 6 nitrogen and oxygen atoms in total. The smallest absolute Gasteiger partial charge is 0.345 e. The summed E-state index contributed by atoms with van der Waals surface area (Å²) >= 11 is 0. The number of halogens is 1. The third-order valence-corrected chi connectivity index (χ3v) is 4.07. The van der Waals surface area contributed by atoms with Crippen LogP contribution in [0.3, 0.4) is 0 Å². The van der Waals surface area contributed by atoms with Gasteiger partial charge in [-0.25, -0.2) is 13.9 Å². The lowest BCUT2D eigenvalue weighted by Gasteiger charge is -2.05. The zero-order chi connectivity index (χ0) is 18.7. The second kappa shape index (κ2) is 7.35. The molecule has 0 saturated carbocycles. The molecule has 26 heavy (non-hydrogen) atoms. The molecule has 0 aliphatic rings. The predicted molar refractivity (Wildman–Crippen MR) is 96.4 cm³/mol. The summed E-state index contributed by atoms with van der Waals surface area (Å²) in [5.41, 5.74) is 1.99. The van der Waals surface area contributed by atoms with Crippen molar-refractivity contribution in [3.8, 4) is 11.4 Å². The van der Waals surface area contributed by atoms with Gasteiger partial charge >= 0.3 is 5.69 Å². The third kappa shape index (κ3) is 3.72. The van der Waals surface area contributed by atoms with E-state index in [2.05, 4.69) is 10.4 Å². The highest BCUT2D eigenvalue weighted by atomic mass is 19.1. The number of nitrogens with one attached hydrogen (secondary N) is 1. The molecule has 0 aliphatic carbocycles. The molecule has 0 fully saturated rings. The second-order valence-corrected chi connectivity index (χ2v) is 6.02. The third-order valence-electron chi connectivity index (χ3n) is 4.07. The van der Waals surface area contributed by atoms with E-state index in [-0.39, 0.29) is 30.5 Å². The Morgan fingerprint density at radius 3 is 2.42 bits per heavy atom. The average Bonchev–Trinajstić information content (AvgIpc) is 2.91. The maximum atomic E-state index is 13.1. The highest BCUT2D eigenvalue weighted by molar-refractivity contribution is 5.94. The standard InChI is InChI=1S/C19H19FN4O2/c1-13-3-5-15(6-4-13)18(25)21-11-12-24-19(26)23(2)17(22-24)14-7-9-16(20)10-8-14/h3-10H,11-12H2,1-2H3,(H,21,25). The van der Waals surface area contributed by atoms with Crippen molar-refractivity contribution >= 4 is 5.91 Å². The quantitative estimate of drug-likeness (QED) is 0.763. The summed E-state index contributed by atoms with van der Waals surface area (Å²) in [6.45, 7) is 2.46. The van der Waals surface area contributed by atoms with Gasteiger partial charge in [0.25, 0.3) is 5.91 Å². The topological polar surface area (TPSA) is 68.9 Å². The van der Waals surface area contributed by atoms with Crippen LogP contribution in [0, 0.1) is 12.7 Å². The van der Waals surface area contributed by atoms with E-state index in [1.54, 1.807) is 31.3 Å². The highest BCUT2D eigenvalue weighted by Gasteiger charge is 2.12. The molecule has 1 N–H and O–H groups in total. The summed E-state index contributed by atoms with van der Waals surface area (Å²) in [5.74, 6) is -0.107. The van der Waals surface area contributed by atoms with Crippen molar-refractivity contribution in [3.05, 3.63) is 76.0 Å². The van der Waals surface area contributed by atoms with Gasteiger partial charge in [-0.05, 0) is 43.3 Å². The fourth-order valence-corrected chi connectivity index (χ4v) is 2.57. The summed E-state index contributed by atoms with van der Waals surface area (Å²) in [6, 6.07) is 13.0. The number of benzene rings is 2. The van der Waals surface area contributed by atoms with Gasteiger partial charge in [0.15, 0.2) is 5.82 Å². The van der Waals surface area contributed by atoms with Crippen LogP contribution < -0.4 is 11.0 Å². The van der Waals surface area contributed by atoms with Crippen molar-refractivity contribution < 1.29 is 9.18 Å². The molecule has 0 bridgehead atoms. The van der Waals surface area contributed by atoms with Gasteiger partial charge < -0.3 is 5.32 Å². The maximum absolute atomic E-state index is 13.1. The Kier molecular flexibility index (Phi) is 4.97. The minimum atomic E-state index is -0.350. The Balaban J connectivity index is 1.68. The van der Waals surface area contributed by atoms with Gasteiger partial charge in [0.2, 0.25) is 0 Å². The van der Waals surface area contributed by atoms with Crippen LogP contribution in [0.5, 0.6) is 0 Å². The largest absolute Gasteiger partial charge is 0.350 e. The van der Waals surface area contributed by atoms with Crippen LogP contribution in [0.2, 0.25) is 0 Å². The first-order chi connectivity index (χ1) is 12.5. The number of aryl methyl sites for hydroxylation is 1. The monoisotopic (exact) mass is 354 g/mol. The van der Waals surface area contributed by atoms with Gasteiger partial charge in [0.05, 0.1) is 6.54 Å². The molecular formula is C19H19FN4O2. The predicted octanol–water partition coefficient (Wildman–Crippen LogP) is 2.13. The molecule has 0 unspecified atom stereocenters. The number of aromatic nitrogens is 3. The summed E-state index contributed by atoms with van der Waals surface area (Å²) in [7, 11) is 1.61. The number of rotatable bonds is 5. The number of hydrogen-bond donors (Lipinski definition) is 1. The number of carbonyl (C=O) groups is 1. The SMILES string of the molecule is Cc1ccc(C(=O)NCCn2nc(-c3ccc(F)cc3)n(C)c2=O)cc1. The van der Waals surface area contributed by atoms with Crippen molar-refractivity contribution in [1.82, 2.24) is 19.7 Å². The van der Waals surface area contributed by atoms with Crippen LogP contribution in [0.25, 0.3) is 11.4 Å². The van der Waals surface area contributed by atoms with E-state index in [0.29, 0.717) is 17.0 Å². The Morgan fingerprint density at radius 1 is 1.12 bits per heavy atom. The van der Waals surface area contributed by atoms with Crippen molar-refractivity contribution in [2.45, 2.75) is 13.5 Å². The summed E-state index contributed by atoms with van der Waals surface area (Å²) in [5, 5.41) is 7.06. The molecule has 0 spiro atoms. The first-order valence-electron chi connectivity index (χ1n) is 8.20. The van der Waals surface area contributed by atoms with Gasteiger partial charge in [-0.3, -0.25) is 9.36 Å². The summed E-state index contributed by atoms with van der Waals surface area (Å²) in [6.07, 6.45) is 0. The number of hydrogen-bond acceptors (Lipinski definition) is 3. The van der Waals surface area contributed by atoms with Crippen LogP contribution in [-0.2, 0) is 13.6 Å². The van der Waals surface area contributed by atoms with Crippen molar-refractivity contribution in [2.75, 3.05) is 6.54 Å². The molecule has 1 amide bonds. The van der Waals surface area contributed by atoms with Crippen molar-refractivity contribution in [2.24, 2.45) is 7.05 Å². The molecule has 0 atom stereocenters. The molecule has 1 heterocycles. The average molecular weight is 354 g/mol. The molecule has 0 aliphatic heterocycles. The lowest BCUT2D eigenvalue weighted by atomic mass is 10.1. The zero-order valence-corrected chi connectivity index (χ0v) is 14.6. The maximum Gasteiger partial charge on any atom is 0.345 e. The van der Waals surface area contributed by atoms with Crippen molar-refractivity contribution in [3.63, 3.8) is 0 Å². The molecule has 3 rings (SSSR count). The van der Waals surface area contributed by atoms with Crippen LogP contribution in [0.4, 0.5) is 4.39 Å². The van der Waals surface area contributed by atoms with Gasteiger partial charge in [-0.15, -0.1) is 5.10 Å². The first kappa shape index (κ1) is 17.6. The first-order valence-corrected chi connectivity index (χ1v) is 8.20. The zero-order valence-electron chi connectivity index (χ0n) is 14.6. The highest BCUT2D eigenvalue weighted by Crippen LogP contribution is 2.15. The summed E-state index contributed by atoms with van der Waals surface area (Å²) in [4.78, 5) is 24.4. The lowest BCUT2D eigenvalue weighted by molar-refractivity contribution is 0.0952. The number of nitrogens with zero attached hydrogens (tertiary/aromatic N) is 3. The molecule has 134 valence electrons. The Hall–Kier alpha value is -3.22. The normalized spacial score (nSPS) is 10.7. The fourth-order valence-electron chi connectivity index (χ4n) is 2.57. The van der Waals surface area contributed by atoms with E-state index < -0.39 is 0 Å². The van der Waals surface area contributed by atoms with E-state index in [4.69, 9.17) is 0 Å². The Labute approximate surface area is 149 Å². The van der Waals surface area contributed by atoms with Gasteiger partial charge in [0.1, 0.15) is 5.82 Å². The number of carbonyl (C=O) groups excluding carboxylic acids is 1. The van der Waals surface area contributed by atoms with Gasteiger partial charge in [0, 0.05) is 24.7 Å². The van der Waals surface area contributed by atoms with E-state index in [0.717, 1.165) is 5.56 Å². The van der Waals surface area contributed by atoms with Crippen LogP contribution in [-0.4, -0.2) is 26.8 Å². The van der Waals surface area contributed by atoms with Gasteiger partial charge in [-0.2, -0.15) is 0 Å². The Bertz CT molecular complexity index is 972. The molecule has 2 aromatic carbocycles. The molecule has 1 aromatic heterocycles. The second-order valence-electron chi connectivity index (χ2n) is 6.02. The molecule has 7 heteroatoms. The fraction of sp³-hybridized carbons (Fsp3) is 0.211. The minimum Gasteiger partial charge on any atom is -0.350 e. The lowest BCUT2D eigenvalue weighted by Crippen LogP contribution is -2.31. The van der Waals surface area contributed by atoms with Crippen LogP contribution >= 0.6 is 0 Å². The van der Waals surface area contributed by atoms with Crippen LogP contribution in [0.15, 0.2) is 53.3 Å². The van der Waals surface area contributed by atoms with Crippen molar-refractivity contribution in [1.29, 1.82) is 0 Å². The molecule has 0 radical (unpaired) electrons. The minimum absolute atomic E-state index is 0.201. The molecule has 0 saturated heterocycles. The number of amides is 1.